The fourth-order valence-corrected chi connectivity index (χ4v) is 2.81. The van der Waals surface area contributed by atoms with Crippen LogP contribution in [0.25, 0.3) is 0 Å². The molecule has 0 amide bonds. The zero-order valence-corrected chi connectivity index (χ0v) is 11.9. The van der Waals surface area contributed by atoms with Crippen molar-refractivity contribution >= 4 is 5.82 Å². The van der Waals surface area contributed by atoms with Gasteiger partial charge >= 0.3 is 0 Å². The van der Waals surface area contributed by atoms with Crippen LogP contribution in [0.2, 0.25) is 0 Å². The van der Waals surface area contributed by atoms with E-state index in [0.717, 1.165) is 50.8 Å². The van der Waals surface area contributed by atoms with Gasteiger partial charge in [-0.1, -0.05) is 0 Å². The summed E-state index contributed by atoms with van der Waals surface area (Å²) in [4.78, 5) is 0. The van der Waals surface area contributed by atoms with Gasteiger partial charge in [-0.25, -0.2) is 0 Å². The Morgan fingerprint density at radius 3 is 3.25 bits per heavy atom. The number of aryl methyl sites for hydroxylation is 1. The van der Waals surface area contributed by atoms with Crippen LogP contribution < -0.4 is 10.6 Å². The summed E-state index contributed by atoms with van der Waals surface area (Å²) in [6.07, 6.45) is 1.02. The first-order chi connectivity index (χ1) is 9.76. The molecule has 0 bridgehead atoms. The molecular formula is C14H22N4O2. The first-order valence-electron chi connectivity index (χ1n) is 7.22. The van der Waals surface area contributed by atoms with E-state index < -0.39 is 0 Å². The molecule has 2 N–H and O–H groups in total. The highest BCUT2D eigenvalue weighted by Crippen LogP contribution is 2.31. The van der Waals surface area contributed by atoms with E-state index in [2.05, 4.69) is 20.8 Å². The zero-order valence-electron chi connectivity index (χ0n) is 11.9. The van der Waals surface area contributed by atoms with E-state index in [4.69, 9.17) is 9.47 Å². The summed E-state index contributed by atoms with van der Waals surface area (Å²) in [6.45, 7) is 6.83. The number of nitrogens with one attached hydrogen (secondary N) is 2. The third kappa shape index (κ3) is 3.26. The molecule has 3 heterocycles. The lowest BCUT2D eigenvalue weighted by atomic mass is 9.94. The van der Waals surface area contributed by atoms with Gasteiger partial charge in [-0.2, -0.15) is 5.10 Å². The molecule has 2 fully saturated rings. The SMILES string of the molecule is Cc1ccc(NC[C@H]2CO[C@@]3(CNCCOC3)C2)nn1. The molecule has 1 spiro atoms. The van der Waals surface area contributed by atoms with E-state index in [-0.39, 0.29) is 5.60 Å². The molecule has 6 nitrogen and oxygen atoms in total. The van der Waals surface area contributed by atoms with Gasteiger partial charge in [-0.15, -0.1) is 5.10 Å². The van der Waals surface area contributed by atoms with E-state index in [1.54, 1.807) is 0 Å². The summed E-state index contributed by atoms with van der Waals surface area (Å²) in [5, 5.41) is 14.9. The molecule has 110 valence electrons. The molecule has 3 rings (SSSR count). The van der Waals surface area contributed by atoms with E-state index in [1.807, 2.05) is 19.1 Å². The van der Waals surface area contributed by atoms with Crippen molar-refractivity contribution in [3.63, 3.8) is 0 Å². The molecule has 2 atom stereocenters. The number of hydrogen-bond donors (Lipinski definition) is 2. The molecule has 0 radical (unpaired) electrons. The molecule has 0 saturated carbocycles. The molecular weight excluding hydrogens is 256 g/mol. The largest absolute Gasteiger partial charge is 0.377 e. The van der Waals surface area contributed by atoms with Gasteiger partial charge in [-0.05, 0) is 25.5 Å². The summed E-state index contributed by atoms with van der Waals surface area (Å²) in [6, 6.07) is 3.93. The Morgan fingerprint density at radius 2 is 2.40 bits per heavy atom. The standard InChI is InChI=1S/C14H22N4O2/c1-11-2-3-13(18-17-11)16-7-12-6-14(20-8-12)9-15-4-5-19-10-14/h2-3,12,15H,4-10H2,1H3,(H,16,18)/t12-,14+/m0/s1. The Labute approximate surface area is 119 Å². The van der Waals surface area contributed by atoms with Crippen molar-refractivity contribution in [1.29, 1.82) is 0 Å². The summed E-state index contributed by atoms with van der Waals surface area (Å²) < 4.78 is 11.6. The number of rotatable bonds is 3. The van der Waals surface area contributed by atoms with Crippen LogP contribution in [-0.4, -0.2) is 55.3 Å². The number of hydrogen-bond acceptors (Lipinski definition) is 6. The van der Waals surface area contributed by atoms with Crippen molar-refractivity contribution in [2.45, 2.75) is 18.9 Å². The van der Waals surface area contributed by atoms with Crippen molar-refractivity contribution < 1.29 is 9.47 Å². The van der Waals surface area contributed by atoms with E-state index in [9.17, 15) is 0 Å². The average molecular weight is 278 g/mol. The topological polar surface area (TPSA) is 68.3 Å². The van der Waals surface area contributed by atoms with Crippen LogP contribution in [0.3, 0.4) is 0 Å². The van der Waals surface area contributed by atoms with Crippen LogP contribution >= 0.6 is 0 Å². The molecule has 2 saturated heterocycles. The zero-order chi connectivity index (χ0) is 13.8. The predicted molar refractivity (Wildman–Crippen MR) is 75.7 cm³/mol. The van der Waals surface area contributed by atoms with Gasteiger partial charge in [0, 0.05) is 25.6 Å². The van der Waals surface area contributed by atoms with Gasteiger partial charge in [0.2, 0.25) is 0 Å². The molecule has 1 aromatic heterocycles. The Morgan fingerprint density at radius 1 is 1.45 bits per heavy atom. The monoisotopic (exact) mass is 278 g/mol. The smallest absolute Gasteiger partial charge is 0.148 e. The van der Waals surface area contributed by atoms with Crippen LogP contribution in [0, 0.1) is 12.8 Å². The molecule has 0 aliphatic carbocycles. The van der Waals surface area contributed by atoms with Gasteiger partial charge in [0.05, 0.1) is 25.5 Å². The fourth-order valence-electron chi connectivity index (χ4n) is 2.81. The van der Waals surface area contributed by atoms with Crippen molar-refractivity contribution in [2.75, 3.05) is 44.8 Å². The maximum absolute atomic E-state index is 6.02. The quantitative estimate of drug-likeness (QED) is 0.843. The third-order valence-electron chi connectivity index (χ3n) is 3.89. The van der Waals surface area contributed by atoms with Crippen LogP contribution in [-0.2, 0) is 9.47 Å². The maximum atomic E-state index is 6.02. The minimum absolute atomic E-state index is 0.137. The molecule has 0 aromatic carbocycles. The first kappa shape index (κ1) is 13.7. The molecule has 20 heavy (non-hydrogen) atoms. The van der Waals surface area contributed by atoms with E-state index >= 15 is 0 Å². The number of aromatic nitrogens is 2. The number of nitrogens with zero attached hydrogens (tertiary/aromatic N) is 2. The Hall–Kier alpha value is -1.24. The highest BCUT2D eigenvalue weighted by molar-refractivity contribution is 5.32. The number of anilines is 1. The lowest BCUT2D eigenvalue weighted by molar-refractivity contribution is -0.0471. The normalized spacial score (nSPS) is 30.4. The van der Waals surface area contributed by atoms with Gasteiger partial charge in [-0.3, -0.25) is 0 Å². The molecule has 1 aromatic rings. The maximum Gasteiger partial charge on any atom is 0.148 e. The van der Waals surface area contributed by atoms with Gasteiger partial charge in [0.15, 0.2) is 0 Å². The van der Waals surface area contributed by atoms with Crippen LogP contribution in [0.5, 0.6) is 0 Å². The minimum atomic E-state index is -0.137. The molecule has 0 unspecified atom stereocenters. The second-order valence-electron chi connectivity index (χ2n) is 5.73. The molecule has 6 heteroatoms. The van der Waals surface area contributed by atoms with Gasteiger partial charge in [0.25, 0.3) is 0 Å². The fraction of sp³-hybridized carbons (Fsp3) is 0.714. The second kappa shape index (κ2) is 6.03. The summed E-state index contributed by atoms with van der Waals surface area (Å²) in [5.41, 5.74) is 0.794. The van der Waals surface area contributed by atoms with E-state index in [1.165, 1.54) is 0 Å². The Bertz CT molecular complexity index is 429. The lowest BCUT2D eigenvalue weighted by Gasteiger charge is -2.25. The third-order valence-corrected chi connectivity index (χ3v) is 3.89. The van der Waals surface area contributed by atoms with Crippen LogP contribution in [0.15, 0.2) is 12.1 Å². The molecule has 2 aliphatic heterocycles. The summed E-state index contributed by atoms with van der Waals surface area (Å²) >= 11 is 0. The Kier molecular flexibility index (Phi) is 4.14. The van der Waals surface area contributed by atoms with Gasteiger partial charge in [0.1, 0.15) is 11.4 Å². The van der Waals surface area contributed by atoms with Crippen molar-refractivity contribution in [2.24, 2.45) is 5.92 Å². The summed E-state index contributed by atoms with van der Waals surface area (Å²) in [7, 11) is 0. The highest BCUT2D eigenvalue weighted by Gasteiger charge is 2.41. The van der Waals surface area contributed by atoms with Crippen molar-refractivity contribution in [3.05, 3.63) is 17.8 Å². The van der Waals surface area contributed by atoms with Gasteiger partial charge < -0.3 is 20.1 Å². The Balaban J connectivity index is 1.51. The lowest BCUT2D eigenvalue weighted by Crippen LogP contribution is -2.42. The minimum Gasteiger partial charge on any atom is -0.377 e. The summed E-state index contributed by atoms with van der Waals surface area (Å²) in [5.74, 6) is 1.31. The number of ether oxygens (including phenoxy) is 2. The van der Waals surface area contributed by atoms with Crippen molar-refractivity contribution in [1.82, 2.24) is 15.5 Å². The average Bonchev–Trinajstić information content (AvgIpc) is 2.71. The predicted octanol–water partition coefficient (Wildman–Crippen LogP) is 0.592. The van der Waals surface area contributed by atoms with Crippen LogP contribution in [0.1, 0.15) is 12.1 Å². The van der Waals surface area contributed by atoms with E-state index in [0.29, 0.717) is 12.5 Å². The van der Waals surface area contributed by atoms with Crippen LogP contribution in [0.4, 0.5) is 5.82 Å². The highest BCUT2D eigenvalue weighted by atomic mass is 16.5. The van der Waals surface area contributed by atoms with Crippen molar-refractivity contribution in [3.8, 4) is 0 Å². The molecule has 2 aliphatic rings. The first-order valence-corrected chi connectivity index (χ1v) is 7.22. The second-order valence-corrected chi connectivity index (χ2v) is 5.73.